The van der Waals surface area contributed by atoms with Crippen LogP contribution in [-0.2, 0) is 13.2 Å². The van der Waals surface area contributed by atoms with Crippen LogP contribution in [-0.4, -0.2) is 37.9 Å². The van der Waals surface area contributed by atoms with Gasteiger partial charge in [-0.2, -0.15) is 4.98 Å². The molecule has 25 heavy (non-hydrogen) atoms. The Hall–Kier alpha value is -2.48. The quantitative estimate of drug-likeness (QED) is 0.734. The molecule has 0 amide bonds. The minimum absolute atomic E-state index is 0.129. The Balaban J connectivity index is 1.54. The highest BCUT2D eigenvalue weighted by molar-refractivity contribution is 5.53. The van der Waals surface area contributed by atoms with Gasteiger partial charge in [-0.3, -0.25) is 4.90 Å². The number of aromatic nitrogens is 2. The molecule has 0 bridgehead atoms. The molecule has 3 heterocycles. The Morgan fingerprint density at radius 1 is 1.12 bits per heavy atom. The van der Waals surface area contributed by atoms with Crippen molar-refractivity contribution in [1.82, 2.24) is 15.0 Å². The van der Waals surface area contributed by atoms with Crippen molar-refractivity contribution >= 4 is 0 Å². The van der Waals surface area contributed by atoms with Crippen molar-refractivity contribution in [2.24, 2.45) is 0 Å². The Morgan fingerprint density at radius 2 is 1.92 bits per heavy atom. The van der Waals surface area contributed by atoms with E-state index in [0.717, 1.165) is 11.3 Å². The van der Waals surface area contributed by atoms with E-state index >= 15 is 0 Å². The lowest BCUT2D eigenvalue weighted by atomic mass is 10.2. The van der Waals surface area contributed by atoms with Crippen molar-refractivity contribution in [3.8, 4) is 11.4 Å². The standard InChI is InChI=1S/C18H19N3O4/c22-11-15-7-6-14(24-15)10-21-9-13(23)8-16(21)18-19-17(20-25-18)12-4-2-1-3-5-12/h1-7,13,16,22-23H,8-11H2. The molecule has 4 rings (SSSR count). The van der Waals surface area contributed by atoms with E-state index in [4.69, 9.17) is 14.0 Å². The predicted octanol–water partition coefficient (Wildman–Crippen LogP) is 2.13. The maximum absolute atomic E-state index is 10.1. The molecular formula is C18H19N3O4. The van der Waals surface area contributed by atoms with Gasteiger partial charge in [0.1, 0.15) is 18.1 Å². The van der Waals surface area contributed by atoms with Crippen molar-refractivity contribution in [3.05, 3.63) is 59.9 Å². The number of hydrogen-bond acceptors (Lipinski definition) is 7. The van der Waals surface area contributed by atoms with Gasteiger partial charge in [-0.05, 0) is 18.6 Å². The molecule has 1 aliphatic rings. The summed E-state index contributed by atoms with van der Waals surface area (Å²) in [6.07, 6.45) is 0.0774. The average molecular weight is 341 g/mol. The van der Waals surface area contributed by atoms with Gasteiger partial charge in [0.25, 0.3) is 0 Å². The van der Waals surface area contributed by atoms with Crippen molar-refractivity contribution in [3.63, 3.8) is 0 Å². The lowest BCUT2D eigenvalue weighted by Gasteiger charge is -2.19. The number of nitrogens with zero attached hydrogens (tertiary/aromatic N) is 3. The molecular weight excluding hydrogens is 322 g/mol. The number of likely N-dealkylation sites (tertiary alicyclic amines) is 1. The first-order chi connectivity index (χ1) is 12.2. The van der Waals surface area contributed by atoms with Gasteiger partial charge in [-0.15, -0.1) is 0 Å². The molecule has 1 aliphatic heterocycles. The molecule has 130 valence electrons. The fourth-order valence-electron chi connectivity index (χ4n) is 3.18. The maximum atomic E-state index is 10.1. The molecule has 3 aromatic rings. The van der Waals surface area contributed by atoms with Crippen molar-refractivity contribution in [2.75, 3.05) is 6.54 Å². The second-order valence-electron chi connectivity index (χ2n) is 6.18. The first-order valence-electron chi connectivity index (χ1n) is 8.22. The van der Waals surface area contributed by atoms with Crippen LogP contribution in [0.15, 0.2) is 51.4 Å². The summed E-state index contributed by atoms with van der Waals surface area (Å²) in [6, 6.07) is 13.0. The molecule has 2 aromatic heterocycles. The van der Waals surface area contributed by atoms with E-state index in [0.29, 0.717) is 37.0 Å². The third-order valence-corrected chi connectivity index (χ3v) is 4.37. The zero-order chi connectivity index (χ0) is 17.2. The number of hydrogen-bond donors (Lipinski definition) is 2. The molecule has 2 unspecified atom stereocenters. The van der Waals surface area contributed by atoms with Gasteiger partial charge in [0.2, 0.25) is 11.7 Å². The van der Waals surface area contributed by atoms with E-state index in [1.807, 2.05) is 41.3 Å². The van der Waals surface area contributed by atoms with E-state index in [9.17, 15) is 5.11 Å². The van der Waals surface area contributed by atoms with Crippen LogP contribution in [0.4, 0.5) is 0 Å². The summed E-state index contributed by atoms with van der Waals surface area (Å²) in [7, 11) is 0. The van der Waals surface area contributed by atoms with Crippen molar-refractivity contribution < 1.29 is 19.2 Å². The first-order valence-corrected chi connectivity index (χ1v) is 8.22. The lowest BCUT2D eigenvalue weighted by molar-refractivity contribution is 0.160. The fourth-order valence-corrected chi connectivity index (χ4v) is 3.18. The zero-order valence-electron chi connectivity index (χ0n) is 13.6. The van der Waals surface area contributed by atoms with Crippen LogP contribution in [0.2, 0.25) is 0 Å². The van der Waals surface area contributed by atoms with E-state index in [2.05, 4.69) is 10.1 Å². The molecule has 1 aromatic carbocycles. The van der Waals surface area contributed by atoms with E-state index in [1.165, 1.54) is 0 Å². The minimum atomic E-state index is -0.454. The van der Waals surface area contributed by atoms with Crippen molar-refractivity contribution in [1.29, 1.82) is 0 Å². The molecule has 2 atom stereocenters. The number of aliphatic hydroxyl groups is 2. The highest BCUT2D eigenvalue weighted by Gasteiger charge is 2.36. The van der Waals surface area contributed by atoms with E-state index in [-0.39, 0.29) is 12.6 Å². The van der Waals surface area contributed by atoms with Crippen LogP contribution >= 0.6 is 0 Å². The molecule has 1 fully saturated rings. The third-order valence-electron chi connectivity index (χ3n) is 4.37. The smallest absolute Gasteiger partial charge is 0.244 e. The monoisotopic (exact) mass is 341 g/mol. The van der Waals surface area contributed by atoms with Crippen LogP contribution in [0, 0.1) is 0 Å². The van der Waals surface area contributed by atoms with Crippen molar-refractivity contribution in [2.45, 2.75) is 31.7 Å². The van der Waals surface area contributed by atoms with Gasteiger partial charge in [0, 0.05) is 12.1 Å². The summed E-state index contributed by atoms with van der Waals surface area (Å²) in [4.78, 5) is 6.56. The van der Waals surface area contributed by atoms with Gasteiger partial charge in [0.15, 0.2) is 0 Å². The zero-order valence-corrected chi connectivity index (χ0v) is 13.6. The molecule has 0 saturated carbocycles. The highest BCUT2D eigenvalue weighted by atomic mass is 16.5. The fraction of sp³-hybridized carbons (Fsp3) is 0.333. The molecule has 2 N–H and O–H groups in total. The van der Waals surface area contributed by atoms with Crippen LogP contribution in [0.1, 0.15) is 29.9 Å². The van der Waals surface area contributed by atoms with Gasteiger partial charge < -0.3 is 19.2 Å². The summed E-state index contributed by atoms with van der Waals surface area (Å²) in [5.41, 5.74) is 0.890. The second kappa shape index (κ2) is 6.79. The second-order valence-corrected chi connectivity index (χ2v) is 6.18. The normalized spacial score (nSPS) is 21.0. The summed E-state index contributed by atoms with van der Waals surface area (Å²) >= 11 is 0. The van der Waals surface area contributed by atoms with Crippen LogP contribution in [0.25, 0.3) is 11.4 Å². The number of aliphatic hydroxyl groups excluding tert-OH is 2. The summed E-state index contributed by atoms with van der Waals surface area (Å²) in [5.74, 6) is 2.28. The Bertz CT molecular complexity index is 830. The Morgan fingerprint density at radius 3 is 2.68 bits per heavy atom. The largest absolute Gasteiger partial charge is 0.462 e. The van der Waals surface area contributed by atoms with Gasteiger partial charge in [-0.25, -0.2) is 0 Å². The summed E-state index contributed by atoms with van der Waals surface area (Å²) < 4.78 is 11.0. The molecule has 1 saturated heterocycles. The van der Waals surface area contributed by atoms with Crippen LogP contribution in [0.3, 0.4) is 0 Å². The third kappa shape index (κ3) is 3.34. The van der Waals surface area contributed by atoms with Gasteiger partial charge in [-0.1, -0.05) is 35.5 Å². The maximum Gasteiger partial charge on any atom is 0.244 e. The predicted molar refractivity (Wildman–Crippen MR) is 88.1 cm³/mol. The highest BCUT2D eigenvalue weighted by Crippen LogP contribution is 2.33. The number of rotatable bonds is 5. The average Bonchev–Trinajstić information content (AvgIpc) is 3.36. The Labute approximate surface area is 144 Å². The van der Waals surface area contributed by atoms with Gasteiger partial charge >= 0.3 is 0 Å². The first kappa shape index (κ1) is 16.0. The lowest BCUT2D eigenvalue weighted by Crippen LogP contribution is -2.24. The minimum Gasteiger partial charge on any atom is -0.462 e. The molecule has 7 nitrogen and oxygen atoms in total. The number of β-amino-alcohol motifs (C(OH)–C–C–N with tert-alkyl or cyclic N) is 1. The van der Waals surface area contributed by atoms with Crippen LogP contribution < -0.4 is 0 Å². The SMILES string of the molecule is OCc1ccc(CN2CC(O)CC2c2nc(-c3ccccc3)no2)o1. The van der Waals surface area contributed by atoms with Crippen LogP contribution in [0.5, 0.6) is 0 Å². The molecule has 7 heteroatoms. The van der Waals surface area contributed by atoms with E-state index < -0.39 is 6.10 Å². The summed E-state index contributed by atoms with van der Waals surface area (Å²) in [6.45, 7) is 0.879. The summed E-state index contributed by atoms with van der Waals surface area (Å²) in [5, 5.41) is 23.3. The number of furan rings is 1. The van der Waals surface area contributed by atoms with E-state index in [1.54, 1.807) is 6.07 Å². The molecule has 0 aliphatic carbocycles. The van der Waals surface area contributed by atoms with Gasteiger partial charge in [0.05, 0.1) is 18.7 Å². The molecule has 0 radical (unpaired) electrons. The number of benzene rings is 1. The topological polar surface area (TPSA) is 95.8 Å². The molecule has 0 spiro atoms. The Kier molecular flexibility index (Phi) is 4.35.